The molecule has 5 heteroatoms. The third-order valence-electron chi connectivity index (χ3n) is 2.34. The second kappa shape index (κ2) is 5.73. The maximum atomic E-state index is 5.88. The van der Waals surface area contributed by atoms with E-state index in [1.165, 1.54) is 0 Å². The highest BCUT2D eigenvalue weighted by Gasteiger charge is 2.05. The molecule has 1 aromatic carbocycles. The second-order valence-electron chi connectivity index (χ2n) is 3.67. The Morgan fingerprint density at radius 3 is 2.94 bits per heavy atom. The maximum Gasteiger partial charge on any atom is 0.121 e. The van der Waals surface area contributed by atoms with Gasteiger partial charge in [0.2, 0.25) is 0 Å². The van der Waals surface area contributed by atoms with Crippen molar-refractivity contribution >= 4 is 33.0 Å². The van der Waals surface area contributed by atoms with E-state index in [0.717, 1.165) is 21.6 Å². The molecule has 0 atom stereocenters. The molecule has 0 radical (unpaired) electrons. The number of anilines is 3. The fourth-order valence-electron chi connectivity index (χ4n) is 1.56. The van der Waals surface area contributed by atoms with Gasteiger partial charge in [0.15, 0.2) is 0 Å². The van der Waals surface area contributed by atoms with Gasteiger partial charge in [0.25, 0.3) is 0 Å². The summed E-state index contributed by atoms with van der Waals surface area (Å²) in [5.41, 5.74) is 8.19. The van der Waals surface area contributed by atoms with Gasteiger partial charge in [-0.05, 0) is 35.0 Å². The van der Waals surface area contributed by atoms with E-state index >= 15 is 0 Å². The van der Waals surface area contributed by atoms with Crippen LogP contribution in [0.1, 0.15) is 6.92 Å². The van der Waals surface area contributed by atoms with Crippen LogP contribution in [0, 0.1) is 0 Å². The van der Waals surface area contributed by atoms with Gasteiger partial charge in [-0.25, -0.2) is 0 Å². The molecule has 94 valence electrons. The van der Waals surface area contributed by atoms with Gasteiger partial charge >= 0.3 is 0 Å². The molecule has 18 heavy (non-hydrogen) atoms. The van der Waals surface area contributed by atoms with Gasteiger partial charge in [-0.1, -0.05) is 6.07 Å². The first-order valence-electron chi connectivity index (χ1n) is 5.59. The van der Waals surface area contributed by atoms with E-state index in [0.29, 0.717) is 12.3 Å². The number of halogens is 1. The quantitative estimate of drug-likeness (QED) is 0.906. The van der Waals surface area contributed by atoms with E-state index in [4.69, 9.17) is 10.5 Å². The van der Waals surface area contributed by atoms with Crippen LogP contribution in [0.3, 0.4) is 0 Å². The Morgan fingerprint density at radius 2 is 2.22 bits per heavy atom. The SMILES string of the molecule is CCOc1cccc(Nc2c(N)cncc2Br)c1. The summed E-state index contributed by atoms with van der Waals surface area (Å²) in [5, 5.41) is 3.25. The first-order valence-corrected chi connectivity index (χ1v) is 6.39. The largest absolute Gasteiger partial charge is 0.494 e. The molecule has 2 rings (SSSR count). The highest BCUT2D eigenvalue weighted by molar-refractivity contribution is 9.10. The highest BCUT2D eigenvalue weighted by Crippen LogP contribution is 2.31. The van der Waals surface area contributed by atoms with E-state index in [1.807, 2.05) is 31.2 Å². The van der Waals surface area contributed by atoms with Gasteiger partial charge in [-0.3, -0.25) is 4.98 Å². The second-order valence-corrected chi connectivity index (χ2v) is 4.53. The number of hydrogen-bond acceptors (Lipinski definition) is 4. The Balaban J connectivity index is 2.26. The number of pyridine rings is 1. The molecule has 0 bridgehead atoms. The minimum atomic E-state index is 0.589. The van der Waals surface area contributed by atoms with Crippen LogP contribution in [-0.2, 0) is 0 Å². The Bertz CT molecular complexity index is 525. The molecule has 0 aliphatic carbocycles. The van der Waals surface area contributed by atoms with Crippen molar-refractivity contribution in [2.24, 2.45) is 0 Å². The number of rotatable bonds is 4. The van der Waals surface area contributed by atoms with Gasteiger partial charge in [0.05, 0.1) is 28.7 Å². The number of ether oxygens (including phenoxy) is 1. The minimum absolute atomic E-state index is 0.589. The third kappa shape index (κ3) is 2.92. The van der Waals surface area contributed by atoms with Crippen LogP contribution < -0.4 is 15.8 Å². The predicted molar refractivity (Wildman–Crippen MR) is 77.2 cm³/mol. The summed E-state index contributed by atoms with van der Waals surface area (Å²) >= 11 is 3.42. The average molecular weight is 308 g/mol. The van der Waals surface area contributed by atoms with Gasteiger partial charge in [-0.2, -0.15) is 0 Å². The zero-order chi connectivity index (χ0) is 13.0. The number of nitrogens with zero attached hydrogens (tertiary/aromatic N) is 1. The number of nitrogen functional groups attached to an aromatic ring is 1. The first-order chi connectivity index (χ1) is 8.70. The zero-order valence-electron chi connectivity index (χ0n) is 9.98. The van der Waals surface area contributed by atoms with Crippen molar-refractivity contribution in [3.63, 3.8) is 0 Å². The summed E-state index contributed by atoms with van der Waals surface area (Å²) in [5.74, 6) is 0.825. The van der Waals surface area contributed by atoms with Crippen molar-refractivity contribution in [2.75, 3.05) is 17.7 Å². The van der Waals surface area contributed by atoms with Crippen molar-refractivity contribution in [2.45, 2.75) is 6.92 Å². The van der Waals surface area contributed by atoms with Crippen LogP contribution >= 0.6 is 15.9 Å². The van der Waals surface area contributed by atoms with Gasteiger partial charge in [0.1, 0.15) is 5.75 Å². The molecular weight excluding hydrogens is 294 g/mol. The fourth-order valence-corrected chi connectivity index (χ4v) is 2.00. The molecule has 2 aromatic rings. The summed E-state index contributed by atoms with van der Waals surface area (Å²) in [4.78, 5) is 4.00. The van der Waals surface area contributed by atoms with E-state index in [1.54, 1.807) is 12.4 Å². The van der Waals surface area contributed by atoms with E-state index in [2.05, 4.69) is 26.2 Å². The van der Waals surface area contributed by atoms with Crippen LogP contribution in [0.25, 0.3) is 0 Å². The number of benzene rings is 1. The summed E-state index contributed by atoms with van der Waals surface area (Å²) < 4.78 is 6.27. The van der Waals surface area contributed by atoms with Crippen LogP contribution in [0.2, 0.25) is 0 Å². The van der Waals surface area contributed by atoms with Gasteiger partial charge in [0, 0.05) is 18.0 Å². The Morgan fingerprint density at radius 1 is 1.39 bits per heavy atom. The monoisotopic (exact) mass is 307 g/mol. The Labute approximate surface area is 114 Å². The number of aromatic nitrogens is 1. The fraction of sp³-hybridized carbons (Fsp3) is 0.154. The molecule has 3 N–H and O–H groups in total. The lowest BCUT2D eigenvalue weighted by Crippen LogP contribution is -1.99. The smallest absolute Gasteiger partial charge is 0.121 e. The third-order valence-corrected chi connectivity index (χ3v) is 2.94. The molecule has 1 heterocycles. The molecule has 0 saturated heterocycles. The minimum Gasteiger partial charge on any atom is -0.494 e. The van der Waals surface area contributed by atoms with Crippen molar-refractivity contribution in [3.8, 4) is 5.75 Å². The van der Waals surface area contributed by atoms with Crippen molar-refractivity contribution < 1.29 is 4.74 Å². The lowest BCUT2D eigenvalue weighted by molar-refractivity contribution is 0.340. The number of hydrogen-bond donors (Lipinski definition) is 2. The molecular formula is C13H14BrN3O. The van der Waals surface area contributed by atoms with Crippen molar-refractivity contribution in [3.05, 3.63) is 41.1 Å². The average Bonchev–Trinajstić information content (AvgIpc) is 2.35. The summed E-state index contributed by atoms with van der Waals surface area (Å²) in [6.45, 7) is 2.60. The summed E-state index contributed by atoms with van der Waals surface area (Å²) in [6, 6.07) is 7.73. The lowest BCUT2D eigenvalue weighted by Gasteiger charge is -2.12. The molecule has 0 saturated carbocycles. The molecule has 0 spiro atoms. The van der Waals surface area contributed by atoms with Crippen LogP contribution in [0.15, 0.2) is 41.1 Å². The van der Waals surface area contributed by atoms with Crippen molar-refractivity contribution in [1.82, 2.24) is 4.98 Å². The molecule has 0 fully saturated rings. The van der Waals surface area contributed by atoms with Crippen molar-refractivity contribution in [1.29, 1.82) is 0 Å². The highest BCUT2D eigenvalue weighted by atomic mass is 79.9. The first kappa shape index (κ1) is 12.7. The number of nitrogens with one attached hydrogen (secondary N) is 1. The van der Waals surface area contributed by atoms with Gasteiger partial charge in [-0.15, -0.1) is 0 Å². The van der Waals surface area contributed by atoms with E-state index < -0.39 is 0 Å². The summed E-state index contributed by atoms with van der Waals surface area (Å²) in [6.07, 6.45) is 3.31. The Kier molecular flexibility index (Phi) is 4.04. The molecule has 0 aliphatic rings. The molecule has 4 nitrogen and oxygen atoms in total. The molecule has 0 unspecified atom stereocenters. The predicted octanol–water partition coefficient (Wildman–Crippen LogP) is 3.57. The molecule has 0 amide bonds. The van der Waals surface area contributed by atoms with Gasteiger partial charge < -0.3 is 15.8 Å². The van der Waals surface area contributed by atoms with Crippen LogP contribution in [0.5, 0.6) is 5.75 Å². The van der Waals surface area contributed by atoms with Crippen LogP contribution in [-0.4, -0.2) is 11.6 Å². The van der Waals surface area contributed by atoms with E-state index in [9.17, 15) is 0 Å². The topological polar surface area (TPSA) is 60.2 Å². The molecule has 0 aliphatic heterocycles. The maximum absolute atomic E-state index is 5.88. The normalized spacial score (nSPS) is 10.1. The van der Waals surface area contributed by atoms with E-state index in [-0.39, 0.29) is 0 Å². The zero-order valence-corrected chi connectivity index (χ0v) is 11.6. The number of nitrogens with two attached hydrogens (primary N) is 1. The summed E-state index contributed by atoms with van der Waals surface area (Å²) in [7, 11) is 0. The molecule has 1 aromatic heterocycles. The van der Waals surface area contributed by atoms with Crippen LogP contribution in [0.4, 0.5) is 17.1 Å². The lowest BCUT2D eigenvalue weighted by atomic mass is 10.2. The Hall–Kier alpha value is -1.75. The standard InChI is InChI=1S/C13H14BrN3O/c1-2-18-10-5-3-4-9(6-10)17-13-11(14)7-16-8-12(13)15/h3-8H,2,15H2,1H3,(H,16,17).